The van der Waals surface area contributed by atoms with Crippen molar-refractivity contribution in [1.82, 2.24) is 14.9 Å². The zero-order valence-corrected chi connectivity index (χ0v) is 13.7. The predicted octanol–water partition coefficient (Wildman–Crippen LogP) is 4.12. The summed E-state index contributed by atoms with van der Waals surface area (Å²) in [6.45, 7) is 3.24. The third kappa shape index (κ3) is 3.34. The SMILES string of the molecule is Fc1ccc(CCN2CCC(c3nc4ccccc4[nH]3)CC2)cc1. The monoisotopic (exact) mass is 323 g/mol. The molecule has 1 saturated heterocycles. The highest BCUT2D eigenvalue weighted by Gasteiger charge is 2.22. The zero-order chi connectivity index (χ0) is 16.4. The number of nitrogens with zero attached hydrogens (tertiary/aromatic N) is 2. The molecule has 24 heavy (non-hydrogen) atoms. The van der Waals surface area contributed by atoms with Crippen molar-refractivity contribution in [2.45, 2.75) is 25.2 Å². The van der Waals surface area contributed by atoms with Crippen molar-refractivity contribution in [2.24, 2.45) is 0 Å². The minimum atomic E-state index is -0.162. The Kier molecular flexibility index (Phi) is 4.30. The topological polar surface area (TPSA) is 31.9 Å². The van der Waals surface area contributed by atoms with Gasteiger partial charge in [-0.15, -0.1) is 0 Å². The summed E-state index contributed by atoms with van der Waals surface area (Å²) >= 11 is 0. The number of benzene rings is 2. The molecule has 3 aromatic rings. The number of aromatic amines is 1. The van der Waals surface area contributed by atoms with Gasteiger partial charge in [-0.2, -0.15) is 0 Å². The summed E-state index contributed by atoms with van der Waals surface area (Å²) < 4.78 is 12.9. The first-order valence-corrected chi connectivity index (χ1v) is 8.69. The molecule has 1 N–H and O–H groups in total. The van der Waals surface area contributed by atoms with Crippen LogP contribution in [0.4, 0.5) is 4.39 Å². The molecule has 1 aliphatic heterocycles. The maximum absolute atomic E-state index is 12.9. The number of aromatic nitrogens is 2. The van der Waals surface area contributed by atoms with Crippen LogP contribution in [0.1, 0.15) is 30.1 Å². The van der Waals surface area contributed by atoms with E-state index in [0.717, 1.165) is 55.8 Å². The molecule has 1 aliphatic rings. The lowest BCUT2D eigenvalue weighted by molar-refractivity contribution is 0.212. The fourth-order valence-electron chi connectivity index (χ4n) is 3.53. The molecule has 1 fully saturated rings. The van der Waals surface area contributed by atoms with Crippen LogP contribution < -0.4 is 0 Å². The molecule has 0 saturated carbocycles. The van der Waals surface area contributed by atoms with Crippen LogP contribution in [0.2, 0.25) is 0 Å². The van der Waals surface area contributed by atoms with Crippen molar-refractivity contribution in [1.29, 1.82) is 0 Å². The first kappa shape index (κ1) is 15.3. The summed E-state index contributed by atoms with van der Waals surface area (Å²) in [6.07, 6.45) is 3.27. The van der Waals surface area contributed by atoms with E-state index in [0.29, 0.717) is 5.92 Å². The van der Waals surface area contributed by atoms with Gasteiger partial charge in [-0.05, 0) is 62.2 Å². The molecular formula is C20H22FN3. The second kappa shape index (κ2) is 6.73. The lowest BCUT2D eigenvalue weighted by Gasteiger charge is -2.31. The first-order chi connectivity index (χ1) is 11.8. The van der Waals surface area contributed by atoms with Gasteiger partial charge in [-0.25, -0.2) is 9.37 Å². The highest BCUT2D eigenvalue weighted by atomic mass is 19.1. The zero-order valence-electron chi connectivity index (χ0n) is 13.7. The van der Waals surface area contributed by atoms with Crippen LogP contribution >= 0.6 is 0 Å². The van der Waals surface area contributed by atoms with Crippen LogP contribution in [0.15, 0.2) is 48.5 Å². The Hall–Kier alpha value is -2.20. The molecule has 0 aliphatic carbocycles. The Labute approximate surface area is 141 Å². The van der Waals surface area contributed by atoms with Gasteiger partial charge in [0.25, 0.3) is 0 Å². The summed E-state index contributed by atoms with van der Waals surface area (Å²) in [7, 11) is 0. The first-order valence-electron chi connectivity index (χ1n) is 8.69. The molecule has 0 radical (unpaired) electrons. The normalized spacial score (nSPS) is 16.7. The van der Waals surface area contributed by atoms with Gasteiger partial charge in [0.1, 0.15) is 11.6 Å². The summed E-state index contributed by atoms with van der Waals surface area (Å²) in [5.41, 5.74) is 3.40. The highest BCUT2D eigenvalue weighted by molar-refractivity contribution is 5.74. The Balaban J connectivity index is 1.32. The number of halogens is 1. The molecule has 0 bridgehead atoms. The molecule has 3 nitrogen and oxygen atoms in total. The van der Waals surface area contributed by atoms with Crippen LogP contribution in [-0.2, 0) is 6.42 Å². The van der Waals surface area contributed by atoms with E-state index in [1.54, 1.807) is 12.1 Å². The molecule has 2 heterocycles. The van der Waals surface area contributed by atoms with Crippen LogP contribution in [0, 0.1) is 5.82 Å². The van der Waals surface area contributed by atoms with Gasteiger partial charge in [0.05, 0.1) is 11.0 Å². The molecule has 2 aromatic carbocycles. The van der Waals surface area contributed by atoms with Crippen LogP contribution in [0.25, 0.3) is 11.0 Å². The fourth-order valence-corrected chi connectivity index (χ4v) is 3.53. The third-order valence-corrected chi connectivity index (χ3v) is 5.01. The van der Waals surface area contributed by atoms with Crippen LogP contribution in [0.3, 0.4) is 0 Å². The Morgan fingerprint density at radius 1 is 1.04 bits per heavy atom. The number of rotatable bonds is 4. The van der Waals surface area contributed by atoms with Crippen molar-refractivity contribution >= 4 is 11.0 Å². The molecule has 124 valence electrons. The molecule has 1 aromatic heterocycles. The second-order valence-electron chi connectivity index (χ2n) is 6.63. The van der Waals surface area contributed by atoms with Gasteiger partial charge >= 0.3 is 0 Å². The minimum Gasteiger partial charge on any atom is -0.342 e. The van der Waals surface area contributed by atoms with E-state index in [1.807, 2.05) is 24.3 Å². The third-order valence-electron chi connectivity index (χ3n) is 5.01. The summed E-state index contributed by atoms with van der Waals surface area (Å²) in [4.78, 5) is 10.7. The molecule has 4 heteroatoms. The highest BCUT2D eigenvalue weighted by Crippen LogP contribution is 2.27. The summed E-state index contributed by atoms with van der Waals surface area (Å²) in [6, 6.07) is 15.1. The van der Waals surface area contributed by atoms with E-state index in [1.165, 1.54) is 5.56 Å². The van der Waals surface area contributed by atoms with E-state index in [2.05, 4.69) is 22.0 Å². The number of hydrogen-bond acceptors (Lipinski definition) is 2. The molecule has 0 spiro atoms. The lowest BCUT2D eigenvalue weighted by atomic mass is 9.96. The maximum Gasteiger partial charge on any atom is 0.123 e. The fraction of sp³-hybridized carbons (Fsp3) is 0.350. The van der Waals surface area contributed by atoms with Crippen LogP contribution in [0.5, 0.6) is 0 Å². The Bertz CT molecular complexity index is 768. The van der Waals surface area contributed by atoms with Gasteiger partial charge in [-0.1, -0.05) is 24.3 Å². The van der Waals surface area contributed by atoms with Gasteiger partial charge < -0.3 is 9.88 Å². The molecule has 0 atom stereocenters. The molecule has 4 rings (SSSR count). The van der Waals surface area contributed by atoms with Gasteiger partial charge in [0, 0.05) is 12.5 Å². The second-order valence-corrected chi connectivity index (χ2v) is 6.63. The van der Waals surface area contributed by atoms with E-state index in [-0.39, 0.29) is 5.82 Å². The smallest absolute Gasteiger partial charge is 0.123 e. The molecule has 0 amide bonds. The number of fused-ring (bicyclic) bond motifs is 1. The number of hydrogen-bond donors (Lipinski definition) is 1. The largest absolute Gasteiger partial charge is 0.342 e. The number of imidazole rings is 1. The van der Waals surface area contributed by atoms with Crippen molar-refractivity contribution in [3.8, 4) is 0 Å². The number of likely N-dealkylation sites (tertiary alicyclic amines) is 1. The molecular weight excluding hydrogens is 301 g/mol. The van der Waals surface area contributed by atoms with E-state index in [9.17, 15) is 4.39 Å². The standard InChI is InChI=1S/C20H22FN3/c21-17-7-5-15(6-8-17)9-12-24-13-10-16(11-14-24)20-22-18-3-1-2-4-19(18)23-20/h1-8,16H,9-14H2,(H,22,23). The number of piperidine rings is 1. The lowest BCUT2D eigenvalue weighted by Crippen LogP contribution is -2.34. The average Bonchev–Trinajstić information content (AvgIpc) is 3.06. The average molecular weight is 323 g/mol. The van der Waals surface area contributed by atoms with Gasteiger partial charge in [-0.3, -0.25) is 0 Å². The molecule has 0 unspecified atom stereocenters. The van der Waals surface area contributed by atoms with Crippen molar-refractivity contribution in [3.63, 3.8) is 0 Å². The van der Waals surface area contributed by atoms with E-state index >= 15 is 0 Å². The maximum atomic E-state index is 12.9. The minimum absolute atomic E-state index is 0.162. The van der Waals surface area contributed by atoms with Gasteiger partial charge in [0.15, 0.2) is 0 Å². The Morgan fingerprint density at radius 3 is 2.54 bits per heavy atom. The van der Waals surface area contributed by atoms with Crippen LogP contribution in [-0.4, -0.2) is 34.5 Å². The van der Waals surface area contributed by atoms with Gasteiger partial charge in [0.2, 0.25) is 0 Å². The summed E-state index contributed by atoms with van der Waals surface area (Å²) in [5, 5.41) is 0. The predicted molar refractivity (Wildman–Crippen MR) is 94.6 cm³/mol. The number of H-pyrrole nitrogens is 1. The number of para-hydroxylation sites is 2. The Morgan fingerprint density at radius 2 is 1.79 bits per heavy atom. The quantitative estimate of drug-likeness (QED) is 0.783. The summed E-state index contributed by atoms with van der Waals surface area (Å²) in [5.74, 6) is 1.50. The van der Waals surface area contributed by atoms with E-state index in [4.69, 9.17) is 4.98 Å². The van der Waals surface area contributed by atoms with Crippen molar-refractivity contribution < 1.29 is 4.39 Å². The van der Waals surface area contributed by atoms with Crippen molar-refractivity contribution in [2.75, 3.05) is 19.6 Å². The van der Waals surface area contributed by atoms with E-state index < -0.39 is 0 Å². The van der Waals surface area contributed by atoms with Crippen molar-refractivity contribution in [3.05, 3.63) is 65.7 Å². The number of nitrogens with one attached hydrogen (secondary N) is 1.